The van der Waals surface area contributed by atoms with Crippen LogP contribution in [0.15, 0.2) is 63.9 Å². The monoisotopic (exact) mass is 476 g/mol. The Morgan fingerprint density at radius 1 is 1.00 bits per heavy atom. The lowest BCUT2D eigenvalue weighted by Crippen LogP contribution is -2.09. The molecule has 32 heavy (non-hydrogen) atoms. The molecule has 11 heteroatoms. The lowest BCUT2D eigenvalue weighted by atomic mass is 10.1. The molecule has 160 valence electrons. The number of nitrogens with zero attached hydrogens (tertiary/aromatic N) is 4. The topological polar surface area (TPSA) is 73.8 Å². The predicted molar refractivity (Wildman–Crippen MR) is 113 cm³/mol. The predicted octanol–water partition coefficient (Wildman–Crippen LogP) is 5.91. The molecule has 0 aliphatic rings. The maximum absolute atomic E-state index is 13.4. The van der Waals surface area contributed by atoms with Gasteiger partial charge in [0.1, 0.15) is 11.2 Å². The number of halogens is 5. The van der Waals surface area contributed by atoms with Gasteiger partial charge in [0.05, 0.1) is 15.4 Å². The van der Waals surface area contributed by atoms with Gasteiger partial charge in [-0.05, 0) is 23.6 Å². The fourth-order valence-corrected chi connectivity index (χ4v) is 3.82. The summed E-state index contributed by atoms with van der Waals surface area (Å²) in [6, 6.07) is 12.3. The summed E-state index contributed by atoms with van der Waals surface area (Å²) in [4.78, 5) is 21.0. The molecule has 5 aromatic rings. The van der Waals surface area contributed by atoms with Gasteiger partial charge < -0.3 is 4.42 Å². The highest BCUT2D eigenvalue weighted by molar-refractivity contribution is 6.40. The average molecular weight is 477 g/mol. The second kappa shape index (κ2) is 7.32. The molecule has 0 unspecified atom stereocenters. The Morgan fingerprint density at radius 3 is 2.53 bits per heavy atom. The number of alkyl halides is 3. The molecule has 0 radical (unpaired) electrons. The van der Waals surface area contributed by atoms with Crippen LogP contribution >= 0.6 is 23.2 Å². The van der Waals surface area contributed by atoms with Gasteiger partial charge >= 0.3 is 11.8 Å². The summed E-state index contributed by atoms with van der Waals surface area (Å²) in [5, 5.41) is 5.20. The molecule has 0 bridgehead atoms. The normalized spacial score (nSPS) is 12.0. The van der Waals surface area contributed by atoms with E-state index in [0.29, 0.717) is 16.8 Å². The van der Waals surface area contributed by atoms with Crippen LogP contribution in [0.2, 0.25) is 10.0 Å². The maximum Gasteiger partial charge on any atom is 0.435 e. The van der Waals surface area contributed by atoms with Gasteiger partial charge in [-0.15, -0.1) is 0 Å². The Kier molecular flexibility index (Phi) is 4.68. The van der Waals surface area contributed by atoms with Crippen LogP contribution in [0.5, 0.6) is 0 Å². The summed E-state index contributed by atoms with van der Waals surface area (Å²) >= 11 is 12.6. The van der Waals surface area contributed by atoms with Crippen LogP contribution in [0.25, 0.3) is 39.1 Å². The third kappa shape index (κ3) is 3.30. The first kappa shape index (κ1) is 20.5. The minimum absolute atomic E-state index is 0.0396. The summed E-state index contributed by atoms with van der Waals surface area (Å²) in [6.07, 6.45) is -3.43. The molecular formula is C21H9Cl2F3N4O2. The van der Waals surface area contributed by atoms with Gasteiger partial charge in [0, 0.05) is 17.6 Å². The third-order valence-corrected chi connectivity index (χ3v) is 5.42. The van der Waals surface area contributed by atoms with E-state index in [1.54, 1.807) is 30.3 Å². The van der Waals surface area contributed by atoms with E-state index in [1.165, 1.54) is 18.3 Å². The highest BCUT2D eigenvalue weighted by Crippen LogP contribution is 2.35. The molecule has 0 fully saturated rings. The molecule has 5 rings (SSSR count). The van der Waals surface area contributed by atoms with Gasteiger partial charge in [-0.3, -0.25) is 0 Å². The van der Waals surface area contributed by atoms with E-state index in [0.717, 1.165) is 4.68 Å². The molecule has 6 nitrogen and oxygen atoms in total. The summed E-state index contributed by atoms with van der Waals surface area (Å²) in [6.45, 7) is 0. The van der Waals surface area contributed by atoms with Crippen LogP contribution < -0.4 is 5.63 Å². The Morgan fingerprint density at radius 2 is 1.78 bits per heavy atom. The summed E-state index contributed by atoms with van der Waals surface area (Å²) in [5.41, 5.74) is -2.22. The molecule has 0 N–H and O–H groups in total. The fraction of sp³-hybridized carbons (Fsp3) is 0.0476. The van der Waals surface area contributed by atoms with Crippen molar-refractivity contribution in [1.29, 1.82) is 0 Å². The standard InChI is InChI=1S/C21H9Cl2F3N4O2/c22-13-6-3-7-27-18(13)30-14(9-15(29-30)21(24,25)26)19-28-17-12(20(31)32-19)8-10-4-1-2-5-11(10)16(17)23/h1-9H. The van der Waals surface area contributed by atoms with Crippen molar-refractivity contribution >= 4 is 44.9 Å². The van der Waals surface area contributed by atoms with Crippen LogP contribution in [-0.2, 0) is 6.18 Å². The van der Waals surface area contributed by atoms with Crippen molar-refractivity contribution in [3.8, 4) is 17.4 Å². The zero-order valence-electron chi connectivity index (χ0n) is 15.7. The smallest absolute Gasteiger partial charge is 0.401 e. The molecule has 0 atom stereocenters. The van der Waals surface area contributed by atoms with Gasteiger partial charge in [-0.2, -0.15) is 18.3 Å². The van der Waals surface area contributed by atoms with E-state index in [1.807, 2.05) is 0 Å². The summed E-state index contributed by atoms with van der Waals surface area (Å²) in [7, 11) is 0. The van der Waals surface area contributed by atoms with Crippen LogP contribution in [-0.4, -0.2) is 19.7 Å². The Hall–Kier alpha value is -3.43. The molecular weight excluding hydrogens is 468 g/mol. The quantitative estimate of drug-likeness (QED) is 0.296. The van der Waals surface area contributed by atoms with E-state index >= 15 is 0 Å². The van der Waals surface area contributed by atoms with Crippen LogP contribution in [0.4, 0.5) is 13.2 Å². The molecule has 0 saturated carbocycles. The molecule has 3 aromatic heterocycles. The van der Waals surface area contributed by atoms with E-state index in [4.69, 9.17) is 27.6 Å². The number of rotatable bonds is 2. The fourth-order valence-electron chi connectivity index (χ4n) is 3.30. The van der Waals surface area contributed by atoms with Crippen molar-refractivity contribution < 1.29 is 17.6 Å². The number of benzene rings is 2. The number of fused-ring (bicyclic) bond motifs is 2. The highest BCUT2D eigenvalue weighted by atomic mass is 35.5. The van der Waals surface area contributed by atoms with Gasteiger partial charge in [0.2, 0.25) is 5.89 Å². The van der Waals surface area contributed by atoms with Crippen molar-refractivity contribution in [2.45, 2.75) is 6.18 Å². The summed E-state index contributed by atoms with van der Waals surface area (Å²) in [5.74, 6) is -0.502. The van der Waals surface area contributed by atoms with Crippen LogP contribution in [0, 0.1) is 0 Å². The average Bonchev–Trinajstić information content (AvgIpc) is 3.21. The minimum Gasteiger partial charge on any atom is -0.401 e. The molecule has 0 aliphatic carbocycles. The zero-order valence-corrected chi connectivity index (χ0v) is 17.2. The highest BCUT2D eigenvalue weighted by Gasteiger charge is 2.36. The van der Waals surface area contributed by atoms with Gasteiger partial charge in [-0.25, -0.2) is 19.4 Å². The first-order valence-electron chi connectivity index (χ1n) is 9.04. The Bertz CT molecular complexity index is 1580. The zero-order chi connectivity index (χ0) is 22.6. The molecule has 2 aromatic carbocycles. The van der Waals surface area contributed by atoms with Gasteiger partial charge in [0.15, 0.2) is 11.5 Å². The number of pyridine rings is 1. The molecule has 0 amide bonds. The molecule has 0 aliphatic heterocycles. The number of aromatic nitrogens is 4. The second-order valence-corrected chi connectivity index (χ2v) is 7.53. The lowest BCUT2D eigenvalue weighted by molar-refractivity contribution is -0.141. The first-order chi connectivity index (χ1) is 15.2. The van der Waals surface area contributed by atoms with Crippen LogP contribution in [0.1, 0.15) is 5.69 Å². The molecule has 3 heterocycles. The van der Waals surface area contributed by atoms with Crippen molar-refractivity contribution in [1.82, 2.24) is 19.7 Å². The van der Waals surface area contributed by atoms with E-state index in [-0.39, 0.29) is 32.5 Å². The lowest BCUT2D eigenvalue weighted by Gasteiger charge is -2.08. The van der Waals surface area contributed by atoms with Gasteiger partial charge in [0.25, 0.3) is 0 Å². The minimum atomic E-state index is -4.77. The van der Waals surface area contributed by atoms with Gasteiger partial charge in [-0.1, -0.05) is 47.5 Å². The van der Waals surface area contributed by atoms with Crippen molar-refractivity contribution in [3.63, 3.8) is 0 Å². The number of hydrogen-bond acceptors (Lipinski definition) is 5. The Labute approximate surface area is 186 Å². The largest absolute Gasteiger partial charge is 0.435 e. The maximum atomic E-state index is 13.4. The van der Waals surface area contributed by atoms with Crippen LogP contribution in [0.3, 0.4) is 0 Å². The van der Waals surface area contributed by atoms with E-state index < -0.39 is 23.4 Å². The van der Waals surface area contributed by atoms with Crippen molar-refractivity contribution in [2.24, 2.45) is 0 Å². The first-order valence-corrected chi connectivity index (χ1v) is 9.80. The van der Waals surface area contributed by atoms with E-state index in [2.05, 4.69) is 15.1 Å². The van der Waals surface area contributed by atoms with Crippen molar-refractivity contribution in [3.05, 3.63) is 80.9 Å². The SMILES string of the molecule is O=c1oc(-c2cc(C(F)(F)F)nn2-c2ncccc2Cl)nc2c(Cl)c3ccccc3cc12. The molecule has 0 spiro atoms. The summed E-state index contributed by atoms with van der Waals surface area (Å²) < 4.78 is 46.4. The number of hydrogen-bond donors (Lipinski definition) is 0. The van der Waals surface area contributed by atoms with E-state index in [9.17, 15) is 18.0 Å². The Balaban J connectivity index is 1.83. The second-order valence-electron chi connectivity index (χ2n) is 6.75. The third-order valence-electron chi connectivity index (χ3n) is 4.74. The molecule has 0 saturated heterocycles. The van der Waals surface area contributed by atoms with Crippen molar-refractivity contribution in [2.75, 3.05) is 0 Å².